The van der Waals surface area contributed by atoms with Crippen molar-refractivity contribution >= 4 is 45.5 Å². The molecule has 1 atom stereocenters. The molecule has 0 aromatic heterocycles. The highest BCUT2D eigenvalue weighted by Gasteiger charge is 2.13. The maximum atomic E-state index is 13.9. The number of hydrogen-bond donors (Lipinski definition) is 0. The molecule has 0 aliphatic carbocycles. The molecule has 0 saturated heterocycles. The van der Waals surface area contributed by atoms with Gasteiger partial charge in [-0.15, -0.1) is 0 Å². The molecule has 2 nitrogen and oxygen atoms in total. The number of carbonyl (C=O) groups is 1. The van der Waals surface area contributed by atoms with Crippen LogP contribution in [0.5, 0.6) is 0 Å². The van der Waals surface area contributed by atoms with Gasteiger partial charge in [0.1, 0.15) is 5.82 Å². The SMILES string of the molecule is O=CN(C#CC(Cc1ccccc1)c1cccc(F)c1)c1cccc2cccc(I)c12. The van der Waals surface area contributed by atoms with Gasteiger partial charge in [0.15, 0.2) is 0 Å². The number of amides is 1. The topological polar surface area (TPSA) is 20.3 Å². The van der Waals surface area contributed by atoms with E-state index in [2.05, 4.69) is 34.6 Å². The lowest BCUT2D eigenvalue weighted by Gasteiger charge is -2.15. The van der Waals surface area contributed by atoms with Gasteiger partial charge in [0.25, 0.3) is 0 Å². The van der Waals surface area contributed by atoms with E-state index in [0.717, 1.165) is 37.6 Å². The predicted octanol–water partition coefficient (Wildman–Crippen LogP) is 6.53. The summed E-state index contributed by atoms with van der Waals surface area (Å²) in [6, 6.07) is 31.3. The van der Waals surface area contributed by atoms with Gasteiger partial charge in [-0.1, -0.05) is 72.7 Å². The van der Waals surface area contributed by atoms with Crippen molar-refractivity contribution in [3.8, 4) is 12.0 Å². The summed E-state index contributed by atoms with van der Waals surface area (Å²) in [5.74, 6) is 2.67. The first-order valence-corrected chi connectivity index (χ1v) is 11.0. The molecule has 0 fully saturated rings. The molecule has 4 aromatic carbocycles. The first kappa shape index (κ1) is 21.1. The minimum Gasteiger partial charge on any atom is -0.277 e. The zero-order chi connectivity index (χ0) is 21.6. The van der Waals surface area contributed by atoms with Crippen molar-refractivity contribution < 1.29 is 9.18 Å². The minimum absolute atomic E-state index is 0.255. The molecule has 0 N–H and O–H groups in total. The van der Waals surface area contributed by atoms with E-state index >= 15 is 0 Å². The summed E-state index contributed by atoms with van der Waals surface area (Å²) in [7, 11) is 0. The second-order valence-corrected chi connectivity index (χ2v) is 8.31. The summed E-state index contributed by atoms with van der Waals surface area (Å²) in [5.41, 5.74) is 2.63. The van der Waals surface area contributed by atoms with Crippen molar-refractivity contribution in [2.45, 2.75) is 12.3 Å². The van der Waals surface area contributed by atoms with E-state index in [1.54, 1.807) is 6.07 Å². The van der Waals surface area contributed by atoms with E-state index in [4.69, 9.17) is 0 Å². The van der Waals surface area contributed by atoms with Crippen molar-refractivity contribution in [2.75, 3.05) is 4.90 Å². The average molecular weight is 519 g/mol. The number of nitrogens with zero attached hydrogens (tertiary/aromatic N) is 1. The van der Waals surface area contributed by atoms with Gasteiger partial charge in [0, 0.05) is 15.0 Å². The van der Waals surface area contributed by atoms with Crippen LogP contribution in [-0.4, -0.2) is 6.41 Å². The van der Waals surface area contributed by atoms with Crippen LogP contribution in [0.15, 0.2) is 91.0 Å². The third-order valence-corrected chi connectivity index (χ3v) is 5.99. The Balaban J connectivity index is 1.75. The summed E-state index contributed by atoms with van der Waals surface area (Å²) in [5, 5.41) is 2.03. The van der Waals surface area contributed by atoms with E-state index in [9.17, 15) is 9.18 Å². The third-order valence-electron chi connectivity index (χ3n) is 5.09. The molecule has 1 amide bonds. The molecule has 4 aromatic rings. The molecule has 31 heavy (non-hydrogen) atoms. The van der Waals surface area contributed by atoms with Gasteiger partial charge >= 0.3 is 0 Å². The largest absolute Gasteiger partial charge is 0.277 e. The van der Waals surface area contributed by atoms with E-state index < -0.39 is 0 Å². The molecule has 0 aliphatic rings. The smallest absolute Gasteiger partial charge is 0.225 e. The first-order chi connectivity index (χ1) is 15.2. The fourth-order valence-corrected chi connectivity index (χ4v) is 4.39. The number of hydrogen-bond acceptors (Lipinski definition) is 1. The van der Waals surface area contributed by atoms with Crippen LogP contribution in [0, 0.1) is 21.4 Å². The third kappa shape index (κ3) is 4.95. The number of rotatable bonds is 5. The molecule has 0 heterocycles. The highest BCUT2D eigenvalue weighted by atomic mass is 127. The van der Waals surface area contributed by atoms with Gasteiger partial charge in [0.05, 0.1) is 11.6 Å². The molecular weight excluding hydrogens is 500 g/mol. The second kappa shape index (κ2) is 9.76. The Labute approximate surface area is 194 Å². The fraction of sp³-hybridized carbons (Fsp3) is 0.0741. The Morgan fingerprint density at radius 2 is 1.68 bits per heavy atom. The van der Waals surface area contributed by atoms with E-state index in [0.29, 0.717) is 6.42 Å². The van der Waals surface area contributed by atoms with Gasteiger partial charge in [-0.05, 0) is 69.8 Å². The number of halogens is 2. The van der Waals surface area contributed by atoms with Crippen LogP contribution in [0.3, 0.4) is 0 Å². The summed E-state index contributed by atoms with van der Waals surface area (Å²) in [6.45, 7) is 0. The second-order valence-electron chi connectivity index (χ2n) is 7.14. The lowest BCUT2D eigenvalue weighted by Crippen LogP contribution is -2.15. The van der Waals surface area contributed by atoms with E-state index in [1.807, 2.05) is 72.8 Å². The van der Waals surface area contributed by atoms with Gasteiger partial charge in [-0.25, -0.2) is 9.29 Å². The summed E-state index contributed by atoms with van der Waals surface area (Å²) in [4.78, 5) is 13.4. The average Bonchev–Trinajstić information content (AvgIpc) is 2.79. The van der Waals surface area contributed by atoms with Crippen LogP contribution in [0.1, 0.15) is 17.0 Å². The predicted molar refractivity (Wildman–Crippen MR) is 132 cm³/mol. The van der Waals surface area contributed by atoms with Crippen molar-refractivity contribution in [3.05, 3.63) is 112 Å². The van der Waals surface area contributed by atoms with Crippen LogP contribution in [0.2, 0.25) is 0 Å². The monoisotopic (exact) mass is 519 g/mol. The Kier molecular flexibility index (Phi) is 6.63. The first-order valence-electron chi connectivity index (χ1n) is 9.88. The fourth-order valence-electron chi connectivity index (χ4n) is 3.59. The molecule has 4 heteroatoms. The van der Waals surface area contributed by atoms with Crippen LogP contribution < -0.4 is 4.90 Å². The normalized spacial score (nSPS) is 11.4. The maximum absolute atomic E-state index is 13.9. The van der Waals surface area contributed by atoms with Crippen LogP contribution in [0.4, 0.5) is 10.1 Å². The van der Waals surface area contributed by atoms with E-state index in [-0.39, 0.29) is 11.7 Å². The van der Waals surface area contributed by atoms with Crippen LogP contribution >= 0.6 is 22.6 Å². The van der Waals surface area contributed by atoms with Crippen molar-refractivity contribution in [3.63, 3.8) is 0 Å². The molecule has 0 saturated carbocycles. The summed E-state index contributed by atoms with van der Waals surface area (Å²) < 4.78 is 14.9. The zero-order valence-corrected chi connectivity index (χ0v) is 18.8. The van der Waals surface area contributed by atoms with Gasteiger partial charge < -0.3 is 0 Å². The minimum atomic E-state index is -0.298. The Bertz CT molecular complexity index is 1270. The molecule has 4 rings (SSSR count). The highest BCUT2D eigenvalue weighted by Crippen LogP contribution is 2.30. The lowest BCUT2D eigenvalue weighted by molar-refractivity contribution is -0.106. The van der Waals surface area contributed by atoms with Crippen LogP contribution in [-0.2, 0) is 11.2 Å². The summed E-state index contributed by atoms with van der Waals surface area (Å²) in [6.07, 6.45) is 1.35. The molecule has 0 spiro atoms. The Hall–Kier alpha value is -3.17. The molecular formula is C27H19FINO. The summed E-state index contributed by atoms with van der Waals surface area (Å²) >= 11 is 2.27. The number of benzene rings is 4. The van der Waals surface area contributed by atoms with Crippen molar-refractivity contribution in [2.24, 2.45) is 0 Å². The quantitative estimate of drug-likeness (QED) is 0.127. The molecule has 152 valence electrons. The van der Waals surface area contributed by atoms with Gasteiger partial charge in [0.2, 0.25) is 6.41 Å². The molecule has 0 aliphatic heterocycles. The van der Waals surface area contributed by atoms with Gasteiger partial charge in [-0.3, -0.25) is 4.79 Å². The molecule has 1 unspecified atom stereocenters. The standard InChI is InChI=1S/C27H19FINO/c28-24-12-4-11-22(18-24)23(17-20-7-2-1-3-8-20)15-16-30(19-31)26-14-6-10-21-9-5-13-25(29)27(21)26/h1-14,18-19,23H,17H2. The molecule has 0 bridgehead atoms. The van der Waals surface area contributed by atoms with Crippen molar-refractivity contribution in [1.29, 1.82) is 0 Å². The van der Waals surface area contributed by atoms with Crippen molar-refractivity contribution in [1.82, 2.24) is 0 Å². The lowest BCUT2D eigenvalue weighted by atomic mass is 9.92. The molecule has 0 radical (unpaired) electrons. The number of anilines is 1. The number of carbonyl (C=O) groups excluding carboxylic acids is 1. The highest BCUT2D eigenvalue weighted by molar-refractivity contribution is 14.1. The Morgan fingerprint density at radius 3 is 2.42 bits per heavy atom. The van der Waals surface area contributed by atoms with Gasteiger partial charge in [-0.2, -0.15) is 0 Å². The zero-order valence-electron chi connectivity index (χ0n) is 16.6. The van der Waals surface area contributed by atoms with E-state index in [1.165, 1.54) is 17.0 Å². The number of fused-ring (bicyclic) bond motifs is 1. The van der Waals surface area contributed by atoms with Crippen LogP contribution in [0.25, 0.3) is 10.8 Å². The Morgan fingerprint density at radius 1 is 0.935 bits per heavy atom. The maximum Gasteiger partial charge on any atom is 0.225 e.